The van der Waals surface area contributed by atoms with Gasteiger partial charge in [-0.3, -0.25) is 14.6 Å². The van der Waals surface area contributed by atoms with E-state index in [9.17, 15) is 9.59 Å². The Balaban J connectivity index is 1.83. The quantitative estimate of drug-likeness (QED) is 0.712. The van der Waals surface area contributed by atoms with Crippen molar-refractivity contribution in [2.75, 3.05) is 34.9 Å². The van der Waals surface area contributed by atoms with Crippen LogP contribution in [0.1, 0.15) is 23.6 Å². The summed E-state index contributed by atoms with van der Waals surface area (Å²) in [6, 6.07) is 6.93. The number of hydrogen-bond acceptors (Lipinski definition) is 6. The average molecular weight is 413 g/mol. The fourth-order valence-electron chi connectivity index (χ4n) is 3.90. The van der Waals surface area contributed by atoms with E-state index in [2.05, 4.69) is 10.3 Å². The summed E-state index contributed by atoms with van der Waals surface area (Å²) in [5.74, 6) is 0.616. The number of benzene rings is 1. The Morgan fingerprint density at radius 2 is 1.80 bits per heavy atom. The van der Waals surface area contributed by atoms with Gasteiger partial charge in [-0.05, 0) is 36.2 Å². The first-order chi connectivity index (χ1) is 14.5. The fourth-order valence-corrected chi connectivity index (χ4v) is 3.90. The number of carbonyl (C=O) groups is 2. The van der Waals surface area contributed by atoms with Crippen LogP contribution in [-0.4, -0.2) is 56.6 Å². The lowest BCUT2D eigenvalue weighted by Crippen LogP contribution is -2.35. The molecular weight excluding hydrogens is 386 g/mol. The third-order valence-electron chi connectivity index (χ3n) is 5.44. The lowest BCUT2D eigenvalue weighted by Gasteiger charge is -2.27. The van der Waals surface area contributed by atoms with Gasteiger partial charge in [0.1, 0.15) is 0 Å². The summed E-state index contributed by atoms with van der Waals surface area (Å²) in [6.45, 7) is 0.479. The van der Waals surface area contributed by atoms with E-state index in [1.54, 1.807) is 37.5 Å². The predicted octanol–water partition coefficient (Wildman–Crippen LogP) is 1.99. The molecule has 160 valence electrons. The number of hydrogen-bond donors (Lipinski definition) is 1. The Bertz CT molecular complexity index is 903. The molecule has 2 aromatic rings. The minimum absolute atomic E-state index is 0.0916. The summed E-state index contributed by atoms with van der Waals surface area (Å²) in [5.41, 5.74) is 1.79. The molecule has 0 radical (unpaired) electrons. The van der Waals surface area contributed by atoms with E-state index in [0.717, 1.165) is 5.56 Å². The molecule has 0 spiro atoms. The van der Waals surface area contributed by atoms with Crippen molar-refractivity contribution in [1.82, 2.24) is 15.2 Å². The number of nitrogens with zero attached hydrogens (tertiary/aromatic N) is 2. The normalized spacial score (nSPS) is 18.3. The van der Waals surface area contributed by atoms with Crippen LogP contribution in [-0.2, 0) is 16.0 Å². The molecule has 0 saturated carbocycles. The third kappa shape index (κ3) is 4.17. The molecule has 1 aliphatic heterocycles. The van der Waals surface area contributed by atoms with Crippen molar-refractivity contribution in [3.8, 4) is 17.2 Å². The molecule has 2 amide bonds. The van der Waals surface area contributed by atoms with Crippen LogP contribution in [0.25, 0.3) is 0 Å². The Morgan fingerprint density at radius 3 is 2.43 bits per heavy atom. The van der Waals surface area contributed by atoms with E-state index >= 15 is 0 Å². The lowest BCUT2D eigenvalue weighted by atomic mass is 9.91. The van der Waals surface area contributed by atoms with E-state index < -0.39 is 12.0 Å². The fraction of sp³-hybridized carbons (Fsp3) is 0.409. The molecule has 2 unspecified atom stereocenters. The maximum atomic E-state index is 13.0. The largest absolute Gasteiger partial charge is 0.493 e. The average Bonchev–Trinajstić information content (AvgIpc) is 3.07. The van der Waals surface area contributed by atoms with Gasteiger partial charge in [0, 0.05) is 38.0 Å². The maximum Gasteiger partial charge on any atom is 0.226 e. The topological polar surface area (TPSA) is 90.0 Å². The van der Waals surface area contributed by atoms with Gasteiger partial charge in [0.2, 0.25) is 17.6 Å². The molecule has 0 aliphatic carbocycles. The van der Waals surface area contributed by atoms with Gasteiger partial charge in [0.05, 0.1) is 33.3 Å². The summed E-state index contributed by atoms with van der Waals surface area (Å²) in [7, 11) is 6.30. The second-order valence-electron chi connectivity index (χ2n) is 7.08. The van der Waals surface area contributed by atoms with Crippen LogP contribution in [0.5, 0.6) is 17.2 Å². The highest BCUT2D eigenvalue weighted by molar-refractivity contribution is 5.90. The maximum absolute atomic E-state index is 13.0. The van der Waals surface area contributed by atoms with E-state index in [1.165, 1.54) is 14.2 Å². The van der Waals surface area contributed by atoms with Gasteiger partial charge in [-0.2, -0.15) is 0 Å². The van der Waals surface area contributed by atoms with E-state index in [-0.39, 0.29) is 18.2 Å². The molecule has 1 aromatic carbocycles. The predicted molar refractivity (Wildman–Crippen MR) is 111 cm³/mol. The number of amides is 2. The smallest absolute Gasteiger partial charge is 0.226 e. The molecule has 1 aromatic heterocycles. The van der Waals surface area contributed by atoms with Crippen LogP contribution in [0.2, 0.25) is 0 Å². The van der Waals surface area contributed by atoms with Gasteiger partial charge in [-0.25, -0.2) is 0 Å². The number of methoxy groups -OCH3 is 3. The first-order valence-electron chi connectivity index (χ1n) is 9.73. The standard InChI is InChI=1S/C22H27N3O5/c1-25-18(26)13-16(22(27)24-12-9-14-7-10-23-11-8-14)19(25)15-5-6-17(28-2)21(30-4)20(15)29-3/h5-8,10-11,16,19H,9,12-13H2,1-4H3,(H,24,27). The minimum Gasteiger partial charge on any atom is -0.493 e. The molecule has 1 aliphatic rings. The molecule has 8 heteroatoms. The zero-order valence-electron chi connectivity index (χ0n) is 17.7. The lowest BCUT2D eigenvalue weighted by molar-refractivity contribution is -0.128. The van der Waals surface area contributed by atoms with E-state index in [0.29, 0.717) is 35.8 Å². The van der Waals surface area contributed by atoms with Gasteiger partial charge < -0.3 is 24.4 Å². The zero-order chi connectivity index (χ0) is 21.7. The Kier molecular flexibility index (Phi) is 6.76. The van der Waals surface area contributed by atoms with Crippen LogP contribution in [0, 0.1) is 5.92 Å². The van der Waals surface area contributed by atoms with Gasteiger partial charge in [0.15, 0.2) is 11.5 Å². The molecule has 2 atom stereocenters. The minimum atomic E-state index is -0.535. The van der Waals surface area contributed by atoms with E-state index in [1.807, 2.05) is 18.2 Å². The van der Waals surface area contributed by atoms with Crippen LogP contribution in [0.15, 0.2) is 36.7 Å². The monoisotopic (exact) mass is 413 g/mol. The highest BCUT2D eigenvalue weighted by Gasteiger charge is 2.44. The number of nitrogens with one attached hydrogen (secondary N) is 1. The van der Waals surface area contributed by atoms with E-state index in [4.69, 9.17) is 14.2 Å². The number of ether oxygens (including phenoxy) is 3. The highest BCUT2D eigenvalue weighted by Crippen LogP contribution is 2.47. The van der Waals surface area contributed by atoms with Gasteiger partial charge >= 0.3 is 0 Å². The number of aromatic nitrogens is 1. The summed E-state index contributed by atoms with van der Waals surface area (Å²) >= 11 is 0. The summed E-state index contributed by atoms with van der Waals surface area (Å²) in [5, 5.41) is 2.97. The molecular formula is C22H27N3O5. The summed E-state index contributed by atoms with van der Waals surface area (Å²) < 4.78 is 16.4. The zero-order valence-corrected chi connectivity index (χ0v) is 17.7. The molecule has 8 nitrogen and oxygen atoms in total. The molecule has 1 saturated heterocycles. The first kappa shape index (κ1) is 21.4. The Morgan fingerprint density at radius 1 is 1.10 bits per heavy atom. The summed E-state index contributed by atoms with van der Waals surface area (Å²) in [4.78, 5) is 31.1. The number of rotatable bonds is 8. The summed E-state index contributed by atoms with van der Waals surface area (Å²) in [6.07, 6.45) is 4.27. The number of carbonyl (C=O) groups excluding carboxylic acids is 2. The van der Waals surface area contributed by atoms with Gasteiger partial charge in [-0.1, -0.05) is 0 Å². The molecule has 1 fully saturated rings. The van der Waals surface area contributed by atoms with Gasteiger partial charge in [-0.15, -0.1) is 0 Å². The van der Waals surface area contributed by atoms with Crippen molar-refractivity contribution >= 4 is 11.8 Å². The molecule has 3 rings (SSSR count). The highest BCUT2D eigenvalue weighted by atomic mass is 16.5. The molecule has 1 N–H and O–H groups in total. The molecule has 30 heavy (non-hydrogen) atoms. The van der Waals surface area contributed by atoms with Crippen molar-refractivity contribution in [1.29, 1.82) is 0 Å². The van der Waals surface area contributed by atoms with Crippen molar-refractivity contribution in [3.05, 3.63) is 47.8 Å². The Labute approximate surface area is 176 Å². The SMILES string of the molecule is COc1ccc(C2C(C(=O)NCCc3ccncc3)CC(=O)N2C)c(OC)c1OC. The Hall–Kier alpha value is -3.29. The van der Waals surface area contributed by atoms with Crippen LogP contribution in [0.4, 0.5) is 0 Å². The number of pyridine rings is 1. The van der Waals surface area contributed by atoms with Crippen molar-refractivity contribution in [2.24, 2.45) is 5.92 Å². The van der Waals surface area contributed by atoms with Crippen LogP contribution >= 0.6 is 0 Å². The third-order valence-corrected chi connectivity index (χ3v) is 5.44. The van der Waals surface area contributed by atoms with Crippen LogP contribution < -0.4 is 19.5 Å². The second kappa shape index (κ2) is 9.47. The first-order valence-corrected chi connectivity index (χ1v) is 9.73. The van der Waals surface area contributed by atoms with Gasteiger partial charge in [0.25, 0.3) is 0 Å². The van der Waals surface area contributed by atoms with Crippen LogP contribution in [0.3, 0.4) is 0 Å². The van der Waals surface area contributed by atoms with Crippen molar-refractivity contribution < 1.29 is 23.8 Å². The second-order valence-corrected chi connectivity index (χ2v) is 7.08. The van der Waals surface area contributed by atoms with Crippen molar-refractivity contribution in [3.63, 3.8) is 0 Å². The molecule has 2 heterocycles. The van der Waals surface area contributed by atoms with Crippen molar-refractivity contribution in [2.45, 2.75) is 18.9 Å². The number of likely N-dealkylation sites (tertiary alicyclic amines) is 1. The molecule has 0 bridgehead atoms.